The minimum atomic E-state index is -0.188. The highest BCUT2D eigenvalue weighted by molar-refractivity contribution is 5.99. The van der Waals surface area contributed by atoms with Gasteiger partial charge in [-0.25, -0.2) is 4.98 Å². The molecule has 0 atom stereocenters. The number of benzene rings is 1. The van der Waals surface area contributed by atoms with Crippen molar-refractivity contribution in [2.45, 2.75) is 57.9 Å². The maximum absolute atomic E-state index is 12.9. The first-order chi connectivity index (χ1) is 15.0. The molecule has 0 spiro atoms. The summed E-state index contributed by atoms with van der Waals surface area (Å²) in [7, 11) is 0. The van der Waals surface area contributed by atoms with Crippen molar-refractivity contribution in [3.05, 3.63) is 54.2 Å². The zero-order chi connectivity index (χ0) is 22.1. The normalized spacial score (nSPS) is 13.6. The second-order valence-electron chi connectivity index (χ2n) is 7.98. The van der Waals surface area contributed by atoms with E-state index in [0.29, 0.717) is 17.9 Å². The largest absolute Gasteiger partial charge is 0.352 e. The van der Waals surface area contributed by atoms with Gasteiger partial charge < -0.3 is 15.5 Å². The molecule has 1 saturated carbocycles. The number of aryl methyl sites for hydroxylation is 1. The predicted molar refractivity (Wildman–Crippen MR) is 121 cm³/mol. The Balaban J connectivity index is 1.55. The first kappa shape index (κ1) is 22.5. The number of aromatic nitrogens is 1. The Morgan fingerprint density at radius 2 is 1.74 bits per heavy atom. The molecule has 0 bridgehead atoms. The molecule has 1 aliphatic carbocycles. The number of nitrogens with one attached hydrogen (secondary N) is 2. The summed E-state index contributed by atoms with van der Waals surface area (Å²) < 4.78 is 0. The maximum Gasteiger partial charge on any atom is 0.240 e. The van der Waals surface area contributed by atoms with Gasteiger partial charge in [0.05, 0.1) is 0 Å². The van der Waals surface area contributed by atoms with Crippen LogP contribution in [0.5, 0.6) is 0 Å². The summed E-state index contributed by atoms with van der Waals surface area (Å²) in [6.07, 6.45) is 6.64. The number of anilines is 2. The van der Waals surface area contributed by atoms with E-state index < -0.39 is 0 Å². The van der Waals surface area contributed by atoms with Crippen molar-refractivity contribution in [3.63, 3.8) is 0 Å². The van der Waals surface area contributed by atoms with Gasteiger partial charge in [0, 0.05) is 30.8 Å². The first-order valence-corrected chi connectivity index (χ1v) is 10.9. The summed E-state index contributed by atoms with van der Waals surface area (Å²) >= 11 is 0. The zero-order valence-electron chi connectivity index (χ0n) is 18.0. The summed E-state index contributed by atoms with van der Waals surface area (Å²) in [5.74, 6) is -0.0131. The number of hydrogen-bond donors (Lipinski definition) is 2. The van der Waals surface area contributed by atoms with E-state index in [4.69, 9.17) is 0 Å². The van der Waals surface area contributed by atoms with E-state index in [0.717, 1.165) is 31.2 Å². The Kier molecular flexibility index (Phi) is 8.15. The second kappa shape index (κ2) is 11.2. The lowest BCUT2D eigenvalue weighted by Gasteiger charge is -2.24. The average Bonchev–Trinajstić information content (AvgIpc) is 3.26. The molecule has 3 amide bonds. The molecule has 7 heteroatoms. The number of nitrogens with zero attached hydrogens (tertiary/aromatic N) is 2. The zero-order valence-corrected chi connectivity index (χ0v) is 18.0. The molecule has 2 aromatic rings. The Bertz CT molecular complexity index is 877. The van der Waals surface area contributed by atoms with Gasteiger partial charge in [-0.2, -0.15) is 0 Å². The van der Waals surface area contributed by atoms with Crippen molar-refractivity contribution in [1.29, 1.82) is 0 Å². The van der Waals surface area contributed by atoms with Gasteiger partial charge in [0.2, 0.25) is 17.7 Å². The number of rotatable bonds is 9. The number of pyridine rings is 1. The quantitative estimate of drug-likeness (QED) is 0.646. The van der Waals surface area contributed by atoms with E-state index in [9.17, 15) is 14.4 Å². The smallest absolute Gasteiger partial charge is 0.240 e. The van der Waals surface area contributed by atoms with Gasteiger partial charge >= 0.3 is 0 Å². The molecular formula is C24H30N4O3. The summed E-state index contributed by atoms with van der Waals surface area (Å²) in [6.45, 7) is 1.96. The van der Waals surface area contributed by atoms with Gasteiger partial charge in [-0.15, -0.1) is 0 Å². The number of carbonyl (C=O) groups is 3. The van der Waals surface area contributed by atoms with Crippen LogP contribution >= 0.6 is 0 Å². The standard InChI is InChI=1S/C24H30N4O3/c1-18-12-14-20(15-13-18)28(17-23(30)26-19-7-2-3-8-19)24(31)11-6-10-22(29)27-21-9-4-5-16-25-21/h4-5,9,12-16,19H,2-3,6-8,10-11,17H2,1H3,(H,26,30)(H,25,27,29). The monoisotopic (exact) mass is 422 g/mol. The summed E-state index contributed by atoms with van der Waals surface area (Å²) in [5.41, 5.74) is 1.77. The third kappa shape index (κ3) is 7.20. The summed E-state index contributed by atoms with van der Waals surface area (Å²) in [6, 6.07) is 13.0. The molecule has 1 fully saturated rings. The number of amides is 3. The first-order valence-electron chi connectivity index (χ1n) is 10.9. The van der Waals surface area contributed by atoms with Gasteiger partial charge in [0.15, 0.2) is 0 Å². The number of carbonyl (C=O) groups excluding carboxylic acids is 3. The van der Waals surface area contributed by atoms with Crippen molar-refractivity contribution in [1.82, 2.24) is 10.3 Å². The molecule has 1 aliphatic rings. The molecule has 31 heavy (non-hydrogen) atoms. The van der Waals surface area contributed by atoms with Crippen LogP contribution in [-0.4, -0.2) is 35.3 Å². The Hall–Kier alpha value is -3.22. The maximum atomic E-state index is 12.9. The molecule has 2 N–H and O–H groups in total. The Labute approximate surface area is 183 Å². The minimum Gasteiger partial charge on any atom is -0.352 e. The molecule has 1 heterocycles. The molecule has 7 nitrogen and oxygen atoms in total. The van der Waals surface area contributed by atoms with Crippen molar-refractivity contribution >= 4 is 29.2 Å². The molecule has 0 aliphatic heterocycles. The summed E-state index contributed by atoms with van der Waals surface area (Å²) in [4.78, 5) is 43.2. The molecule has 3 rings (SSSR count). The molecular weight excluding hydrogens is 392 g/mol. The minimum absolute atomic E-state index is 0.0154. The molecule has 164 valence electrons. The lowest BCUT2D eigenvalue weighted by atomic mass is 10.1. The highest BCUT2D eigenvalue weighted by Gasteiger charge is 2.22. The Morgan fingerprint density at radius 3 is 2.42 bits per heavy atom. The van der Waals surface area contributed by atoms with Crippen LogP contribution in [0.3, 0.4) is 0 Å². The van der Waals surface area contributed by atoms with Crippen molar-refractivity contribution in [2.24, 2.45) is 0 Å². The fraction of sp³-hybridized carbons (Fsp3) is 0.417. The van der Waals surface area contributed by atoms with Gasteiger partial charge in [0.1, 0.15) is 12.4 Å². The van der Waals surface area contributed by atoms with Crippen LogP contribution in [0.25, 0.3) is 0 Å². The van der Waals surface area contributed by atoms with E-state index in [1.807, 2.05) is 31.2 Å². The van der Waals surface area contributed by atoms with E-state index in [1.54, 1.807) is 24.4 Å². The second-order valence-corrected chi connectivity index (χ2v) is 7.98. The Morgan fingerprint density at radius 1 is 1.00 bits per heavy atom. The average molecular weight is 423 g/mol. The molecule has 0 radical (unpaired) electrons. The van der Waals surface area contributed by atoms with E-state index in [1.165, 1.54) is 4.90 Å². The highest BCUT2D eigenvalue weighted by atomic mass is 16.2. The predicted octanol–water partition coefficient (Wildman–Crippen LogP) is 3.59. The highest BCUT2D eigenvalue weighted by Crippen LogP contribution is 2.19. The summed E-state index contributed by atoms with van der Waals surface area (Å²) in [5, 5.41) is 5.76. The van der Waals surface area contributed by atoms with Gasteiger partial charge in [-0.1, -0.05) is 36.6 Å². The van der Waals surface area contributed by atoms with Crippen molar-refractivity contribution < 1.29 is 14.4 Å². The van der Waals surface area contributed by atoms with Crippen LogP contribution in [0.2, 0.25) is 0 Å². The van der Waals surface area contributed by atoms with Crippen LogP contribution in [-0.2, 0) is 14.4 Å². The molecule has 0 unspecified atom stereocenters. The van der Waals surface area contributed by atoms with E-state index >= 15 is 0 Å². The SMILES string of the molecule is Cc1ccc(N(CC(=O)NC2CCCC2)C(=O)CCCC(=O)Nc2ccccn2)cc1. The van der Waals surface area contributed by atoms with Gasteiger partial charge in [-0.3, -0.25) is 14.4 Å². The molecule has 1 aromatic carbocycles. The van der Waals surface area contributed by atoms with Crippen molar-refractivity contribution in [3.8, 4) is 0 Å². The third-order valence-electron chi connectivity index (χ3n) is 5.40. The van der Waals surface area contributed by atoms with Gasteiger partial charge in [-0.05, 0) is 50.5 Å². The topological polar surface area (TPSA) is 91.4 Å². The van der Waals surface area contributed by atoms with E-state index in [2.05, 4.69) is 15.6 Å². The van der Waals surface area contributed by atoms with Crippen LogP contribution in [0.4, 0.5) is 11.5 Å². The number of hydrogen-bond acceptors (Lipinski definition) is 4. The lowest BCUT2D eigenvalue weighted by molar-refractivity contribution is -0.124. The van der Waals surface area contributed by atoms with Crippen molar-refractivity contribution in [2.75, 3.05) is 16.8 Å². The third-order valence-corrected chi connectivity index (χ3v) is 5.40. The molecule has 1 aromatic heterocycles. The fourth-order valence-electron chi connectivity index (χ4n) is 3.71. The van der Waals surface area contributed by atoms with Crippen LogP contribution in [0.15, 0.2) is 48.7 Å². The molecule has 0 saturated heterocycles. The van der Waals surface area contributed by atoms with Crippen LogP contribution < -0.4 is 15.5 Å². The van der Waals surface area contributed by atoms with E-state index in [-0.39, 0.29) is 43.1 Å². The fourth-order valence-corrected chi connectivity index (χ4v) is 3.71. The van der Waals surface area contributed by atoms with Gasteiger partial charge in [0.25, 0.3) is 0 Å². The van der Waals surface area contributed by atoms with Crippen LogP contribution in [0.1, 0.15) is 50.5 Å². The lowest BCUT2D eigenvalue weighted by Crippen LogP contribution is -2.43. The van der Waals surface area contributed by atoms with Crippen LogP contribution in [0, 0.1) is 6.92 Å².